The first-order valence-corrected chi connectivity index (χ1v) is 14.5. The third-order valence-corrected chi connectivity index (χ3v) is 8.30. The molecular formula is C35H46. The largest absolute Gasteiger partial charge is 0.0654 e. The highest BCUT2D eigenvalue weighted by atomic mass is 14.3. The topological polar surface area (TPSA) is 0 Å². The molecule has 0 spiro atoms. The third kappa shape index (κ3) is 7.83. The van der Waals surface area contributed by atoms with Gasteiger partial charge in [-0.15, -0.1) is 0 Å². The van der Waals surface area contributed by atoms with Crippen molar-refractivity contribution in [2.45, 2.75) is 97.3 Å². The van der Waals surface area contributed by atoms with E-state index in [4.69, 9.17) is 0 Å². The summed E-state index contributed by atoms with van der Waals surface area (Å²) in [6.45, 7) is 4.59. The maximum Gasteiger partial charge on any atom is -0.0184 e. The number of benzene rings is 3. The molecule has 0 nitrogen and oxygen atoms in total. The van der Waals surface area contributed by atoms with Gasteiger partial charge in [-0.1, -0.05) is 144 Å². The Kier molecular flexibility index (Phi) is 10.1. The van der Waals surface area contributed by atoms with Crippen LogP contribution in [0, 0.1) is 11.8 Å². The fourth-order valence-electron chi connectivity index (χ4n) is 5.83. The summed E-state index contributed by atoms with van der Waals surface area (Å²) in [4.78, 5) is 0. The van der Waals surface area contributed by atoms with Crippen molar-refractivity contribution in [3.05, 3.63) is 83.9 Å². The Balaban J connectivity index is 1.26. The lowest BCUT2D eigenvalue weighted by Crippen LogP contribution is -2.15. The van der Waals surface area contributed by atoms with E-state index in [0.29, 0.717) is 0 Å². The van der Waals surface area contributed by atoms with Gasteiger partial charge in [0.1, 0.15) is 0 Å². The zero-order valence-corrected chi connectivity index (χ0v) is 22.3. The summed E-state index contributed by atoms with van der Waals surface area (Å²) in [5.41, 5.74) is 8.20. The van der Waals surface area contributed by atoms with Crippen LogP contribution in [0.1, 0.15) is 95.6 Å². The van der Waals surface area contributed by atoms with Gasteiger partial charge in [-0.3, -0.25) is 0 Å². The van der Waals surface area contributed by atoms with Gasteiger partial charge in [-0.2, -0.15) is 0 Å². The van der Waals surface area contributed by atoms with Crippen molar-refractivity contribution in [1.82, 2.24) is 0 Å². The summed E-state index contributed by atoms with van der Waals surface area (Å²) in [7, 11) is 0. The zero-order chi connectivity index (χ0) is 24.3. The van der Waals surface area contributed by atoms with Crippen LogP contribution in [0.4, 0.5) is 0 Å². The second-order valence-electron chi connectivity index (χ2n) is 11.0. The fraction of sp³-hybridized carbons (Fsp3) is 0.486. The molecule has 3 aromatic rings. The van der Waals surface area contributed by atoms with E-state index in [9.17, 15) is 0 Å². The molecule has 1 aliphatic carbocycles. The molecule has 0 radical (unpaired) electrons. The Labute approximate surface area is 215 Å². The molecule has 0 aromatic heterocycles. The third-order valence-electron chi connectivity index (χ3n) is 8.30. The van der Waals surface area contributed by atoms with Crippen molar-refractivity contribution in [1.29, 1.82) is 0 Å². The van der Waals surface area contributed by atoms with E-state index in [0.717, 1.165) is 11.8 Å². The lowest BCUT2D eigenvalue weighted by atomic mass is 9.78. The molecule has 0 atom stereocenters. The maximum atomic E-state index is 2.35. The average molecular weight is 467 g/mol. The van der Waals surface area contributed by atoms with Crippen LogP contribution in [-0.2, 0) is 12.8 Å². The molecule has 35 heavy (non-hydrogen) atoms. The maximum absolute atomic E-state index is 2.35. The Morgan fingerprint density at radius 1 is 0.457 bits per heavy atom. The van der Waals surface area contributed by atoms with Crippen LogP contribution in [0.5, 0.6) is 0 Å². The summed E-state index contributed by atoms with van der Waals surface area (Å²) in [6.07, 6.45) is 17.8. The van der Waals surface area contributed by atoms with Gasteiger partial charge in [0.2, 0.25) is 0 Å². The summed E-state index contributed by atoms with van der Waals surface area (Å²) >= 11 is 0. The summed E-state index contributed by atoms with van der Waals surface area (Å²) in [5.74, 6) is 1.97. The minimum absolute atomic E-state index is 0.950. The van der Waals surface area contributed by atoms with Crippen molar-refractivity contribution in [3.8, 4) is 22.3 Å². The van der Waals surface area contributed by atoms with E-state index in [1.807, 2.05) is 0 Å². The lowest BCUT2D eigenvalue weighted by molar-refractivity contribution is 0.250. The van der Waals surface area contributed by atoms with Crippen molar-refractivity contribution in [2.24, 2.45) is 11.8 Å². The number of rotatable bonds is 12. The van der Waals surface area contributed by atoms with Crippen molar-refractivity contribution >= 4 is 0 Å². The second-order valence-corrected chi connectivity index (χ2v) is 11.0. The molecule has 0 heterocycles. The second kappa shape index (κ2) is 13.7. The Bertz CT molecular complexity index is 970. The molecule has 1 fully saturated rings. The standard InChI is InChI=1S/C35H46/c1-3-5-7-9-29-16-20-32(21-17-29)34-24-26-35(27-25-34)33-22-18-31(19-23-33)15-14-30-12-10-28(11-13-30)8-6-4-2/h16-28,30H,3-15H2,1-2H3. The molecule has 0 unspecified atom stereocenters. The van der Waals surface area contributed by atoms with Crippen LogP contribution < -0.4 is 0 Å². The highest BCUT2D eigenvalue weighted by Gasteiger charge is 2.20. The van der Waals surface area contributed by atoms with Gasteiger partial charge < -0.3 is 0 Å². The first-order valence-electron chi connectivity index (χ1n) is 14.5. The quantitative estimate of drug-likeness (QED) is 0.233. The van der Waals surface area contributed by atoms with Gasteiger partial charge in [0.05, 0.1) is 0 Å². The highest BCUT2D eigenvalue weighted by molar-refractivity contribution is 5.70. The van der Waals surface area contributed by atoms with Crippen LogP contribution in [0.3, 0.4) is 0 Å². The Morgan fingerprint density at radius 2 is 0.857 bits per heavy atom. The fourth-order valence-corrected chi connectivity index (χ4v) is 5.83. The molecule has 0 N–H and O–H groups in total. The monoisotopic (exact) mass is 466 g/mol. The zero-order valence-electron chi connectivity index (χ0n) is 22.3. The first kappa shape index (κ1) is 25.7. The van der Waals surface area contributed by atoms with E-state index in [-0.39, 0.29) is 0 Å². The molecule has 3 aromatic carbocycles. The molecule has 0 amide bonds. The van der Waals surface area contributed by atoms with Gasteiger partial charge in [0, 0.05) is 0 Å². The Morgan fingerprint density at radius 3 is 1.31 bits per heavy atom. The predicted octanol–water partition coefficient (Wildman–Crippen LogP) is 10.7. The van der Waals surface area contributed by atoms with E-state index in [2.05, 4.69) is 86.6 Å². The van der Waals surface area contributed by atoms with Crippen LogP contribution >= 0.6 is 0 Å². The lowest BCUT2D eigenvalue weighted by Gasteiger charge is -2.28. The van der Waals surface area contributed by atoms with E-state index in [1.54, 1.807) is 0 Å². The van der Waals surface area contributed by atoms with E-state index in [1.165, 1.54) is 117 Å². The van der Waals surface area contributed by atoms with Gasteiger partial charge >= 0.3 is 0 Å². The summed E-state index contributed by atoms with van der Waals surface area (Å²) in [6, 6.07) is 27.6. The first-order chi connectivity index (χ1) is 17.2. The van der Waals surface area contributed by atoms with Crippen molar-refractivity contribution < 1.29 is 0 Å². The predicted molar refractivity (Wildman–Crippen MR) is 154 cm³/mol. The molecule has 0 aliphatic heterocycles. The van der Waals surface area contributed by atoms with Crippen molar-refractivity contribution in [2.75, 3.05) is 0 Å². The molecule has 0 saturated heterocycles. The van der Waals surface area contributed by atoms with Crippen molar-refractivity contribution in [3.63, 3.8) is 0 Å². The van der Waals surface area contributed by atoms with Crippen LogP contribution in [0.15, 0.2) is 72.8 Å². The van der Waals surface area contributed by atoms with Crippen LogP contribution in [0.25, 0.3) is 22.3 Å². The SMILES string of the molecule is CCCCCc1ccc(-c2ccc(-c3ccc(CCC4CCC(CCCC)CC4)cc3)cc2)cc1. The number of unbranched alkanes of at least 4 members (excludes halogenated alkanes) is 3. The molecule has 1 saturated carbocycles. The Hall–Kier alpha value is -2.34. The van der Waals surface area contributed by atoms with Gasteiger partial charge in [-0.25, -0.2) is 0 Å². The highest BCUT2D eigenvalue weighted by Crippen LogP contribution is 2.34. The summed E-state index contributed by atoms with van der Waals surface area (Å²) in [5, 5.41) is 0. The normalized spacial score (nSPS) is 18.0. The minimum atomic E-state index is 0.950. The molecular weight excluding hydrogens is 420 g/mol. The van der Waals surface area contributed by atoms with Gasteiger partial charge in [0.25, 0.3) is 0 Å². The van der Waals surface area contributed by atoms with Gasteiger partial charge in [-0.05, 0) is 70.9 Å². The van der Waals surface area contributed by atoms with E-state index >= 15 is 0 Å². The number of aryl methyl sites for hydroxylation is 2. The van der Waals surface area contributed by atoms with Crippen LogP contribution in [0.2, 0.25) is 0 Å². The summed E-state index contributed by atoms with van der Waals surface area (Å²) < 4.78 is 0. The number of hydrogen-bond donors (Lipinski definition) is 0. The average Bonchev–Trinajstić information content (AvgIpc) is 2.92. The molecule has 1 aliphatic rings. The molecule has 0 bridgehead atoms. The van der Waals surface area contributed by atoms with Gasteiger partial charge in [0.15, 0.2) is 0 Å². The molecule has 0 heteroatoms. The smallest absolute Gasteiger partial charge is 0.0184 e. The van der Waals surface area contributed by atoms with E-state index < -0.39 is 0 Å². The minimum Gasteiger partial charge on any atom is -0.0654 e. The molecule has 4 rings (SSSR count). The van der Waals surface area contributed by atoms with Crippen LogP contribution in [-0.4, -0.2) is 0 Å². The molecule has 186 valence electrons. The number of hydrogen-bond acceptors (Lipinski definition) is 0.